The molecule has 1 aromatic carbocycles. The Kier molecular flexibility index (Phi) is 7.55. The van der Waals surface area contributed by atoms with Crippen molar-refractivity contribution in [2.75, 3.05) is 6.61 Å². The van der Waals surface area contributed by atoms with E-state index in [-0.39, 0.29) is 29.6 Å². The minimum absolute atomic E-state index is 0. The van der Waals surface area contributed by atoms with Gasteiger partial charge in [-0.25, -0.2) is 9.18 Å². The van der Waals surface area contributed by atoms with Gasteiger partial charge in [0, 0.05) is 10.0 Å². The van der Waals surface area contributed by atoms with Crippen molar-refractivity contribution in [1.29, 1.82) is 0 Å². The van der Waals surface area contributed by atoms with Crippen LogP contribution < -0.4 is 5.73 Å². The number of alkyl halides is 1. The van der Waals surface area contributed by atoms with Crippen LogP contribution in [-0.2, 0) is 9.53 Å². The lowest BCUT2D eigenvalue weighted by atomic mass is 10.0. The van der Waals surface area contributed by atoms with E-state index >= 15 is 0 Å². The molecule has 0 aliphatic rings. The summed E-state index contributed by atoms with van der Waals surface area (Å²) in [7, 11) is 0. The minimum atomic E-state index is -1.97. The van der Waals surface area contributed by atoms with Crippen LogP contribution in [0.2, 0.25) is 10.0 Å². The van der Waals surface area contributed by atoms with Crippen molar-refractivity contribution in [2.24, 2.45) is 5.73 Å². The molecule has 2 atom stereocenters. The first-order valence-electron chi connectivity index (χ1n) is 4.98. The largest absolute Gasteiger partial charge is 0.464 e. The first-order chi connectivity index (χ1) is 7.97. The molecule has 2 N–H and O–H groups in total. The van der Waals surface area contributed by atoms with Crippen LogP contribution in [0, 0.1) is 0 Å². The number of ether oxygens (including phenoxy) is 1. The number of benzene rings is 1. The topological polar surface area (TPSA) is 52.3 Å². The van der Waals surface area contributed by atoms with Gasteiger partial charge in [0.2, 0.25) is 6.17 Å². The average Bonchev–Trinajstić information content (AvgIpc) is 2.30. The Morgan fingerprint density at radius 1 is 1.50 bits per heavy atom. The molecule has 0 fully saturated rings. The van der Waals surface area contributed by atoms with E-state index in [4.69, 9.17) is 28.9 Å². The molecule has 1 rings (SSSR count). The molecular formula is C11H13Cl3FNO2. The summed E-state index contributed by atoms with van der Waals surface area (Å²) in [6, 6.07) is 3.29. The number of nitrogens with two attached hydrogens (primary N) is 1. The fourth-order valence-electron chi connectivity index (χ4n) is 1.30. The van der Waals surface area contributed by atoms with E-state index in [0.29, 0.717) is 5.02 Å². The SMILES string of the molecule is CCOC(=O)C(F)[C@@H](N)c1cc(Cl)ccc1Cl.Cl. The van der Waals surface area contributed by atoms with Gasteiger partial charge in [-0.2, -0.15) is 0 Å². The van der Waals surface area contributed by atoms with Gasteiger partial charge in [-0.3, -0.25) is 0 Å². The lowest BCUT2D eigenvalue weighted by molar-refractivity contribution is -0.149. The third-order valence-electron chi connectivity index (χ3n) is 2.14. The summed E-state index contributed by atoms with van der Waals surface area (Å²) in [6.07, 6.45) is -1.97. The standard InChI is InChI=1S/C11H12Cl2FNO2.ClH/c1-2-17-11(16)9(14)10(15)7-5-6(12)3-4-8(7)13;/h3-5,9-10H,2,15H2,1H3;1H/t9?,10-;/m0./s1. The zero-order valence-corrected chi connectivity index (χ0v) is 11.9. The minimum Gasteiger partial charge on any atom is -0.464 e. The van der Waals surface area contributed by atoms with Crippen LogP contribution in [0.5, 0.6) is 0 Å². The lowest BCUT2D eigenvalue weighted by Gasteiger charge is -2.17. The van der Waals surface area contributed by atoms with E-state index in [1.165, 1.54) is 12.1 Å². The van der Waals surface area contributed by atoms with Crippen LogP contribution in [0.3, 0.4) is 0 Å². The Bertz CT molecular complexity index is 417. The van der Waals surface area contributed by atoms with Gasteiger partial charge in [-0.05, 0) is 30.7 Å². The number of halogens is 4. The Morgan fingerprint density at radius 3 is 2.67 bits per heavy atom. The molecule has 0 heterocycles. The summed E-state index contributed by atoms with van der Waals surface area (Å²) in [4.78, 5) is 11.2. The maximum atomic E-state index is 13.7. The van der Waals surface area contributed by atoms with Gasteiger partial charge in [0.15, 0.2) is 0 Å². The first-order valence-corrected chi connectivity index (χ1v) is 5.74. The van der Waals surface area contributed by atoms with Gasteiger partial charge in [-0.15, -0.1) is 12.4 Å². The predicted molar refractivity (Wildman–Crippen MR) is 72.2 cm³/mol. The van der Waals surface area contributed by atoms with Crippen molar-refractivity contribution in [2.45, 2.75) is 19.1 Å². The molecule has 0 saturated heterocycles. The van der Waals surface area contributed by atoms with Gasteiger partial charge in [0.05, 0.1) is 12.6 Å². The quantitative estimate of drug-likeness (QED) is 0.867. The average molecular weight is 317 g/mol. The number of rotatable bonds is 4. The van der Waals surface area contributed by atoms with E-state index < -0.39 is 18.2 Å². The molecule has 0 amide bonds. The van der Waals surface area contributed by atoms with Crippen LogP contribution in [0.15, 0.2) is 18.2 Å². The fraction of sp³-hybridized carbons (Fsp3) is 0.364. The van der Waals surface area contributed by atoms with Gasteiger partial charge in [-0.1, -0.05) is 23.2 Å². The molecule has 102 valence electrons. The molecule has 1 unspecified atom stereocenters. The molecule has 0 aromatic heterocycles. The molecule has 0 bridgehead atoms. The van der Waals surface area contributed by atoms with Crippen molar-refractivity contribution in [3.63, 3.8) is 0 Å². The van der Waals surface area contributed by atoms with Crippen LogP contribution in [0.1, 0.15) is 18.5 Å². The normalized spacial score (nSPS) is 13.4. The zero-order chi connectivity index (χ0) is 13.0. The summed E-state index contributed by atoms with van der Waals surface area (Å²) in [5, 5.41) is 0.629. The molecular weight excluding hydrogens is 303 g/mol. The van der Waals surface area contributed by atoms with Crippen molar-refractivity contribution >= 4 is 41.6 Å². The molecule has 0 radical (unpaired) electrons. The summed E-state index contributed by atoms with van der Waals surface area (Å²) >= 11 is 11.6. The van der Waals surface area contributed by atoms with Crippen LogP contribution >= 0.6 is 35.6 Å². The molecule has 1 aromatic rings. The highest BCUT2D eigenvalue weighted by Gasteiger charge is 2.29. The summed E-state index contributed by atoms with van der Waals surface area (Å²) < 4.78 is 18.2. The molecule has 3 nitrogen and oxygen atoms in total. The molecule has 0 aliphatic carbocycles. The highest BCUT2D eigenvalue weighted by atomic mass is 35.5. The highest BCUT2D eigenvalue weighted by molar-refractivity contribution is 6.33. The highest BCUT2D eigenvalue weighted by Crippen LogP contribution is 2.28. The molecule has 7 heteroatoms. The Labute approximate surface area is 121 Å². The third-order valence-corrected chi connectivity index (χ3v) is 2.72. The maximum Gasteiger partial charge on any atom is 0.342 e. The monoisotopic (exact) mass is 315 g/mol. The van der Waals surface area contributed by atoms with E-state index in [9.17, 15) is 9.18 Å². The van der Waals surface area contributed by atoms with Crippen LogP contribution in [0.25, 0.3) is 0 Å². The predicted octanol–water partition coefficient (Wildman–Crippen LogP) is 3.32. The van der Waals surface area contributed by atoms with E-state index in [1.54, 1.807) is 13.0 Å². The number of carbonyl (C=O) groups excluding carboxylic acids is 1. The van der Waals surface area contributed by atoms with E-state index in [0.717, 1.165) is 0 Å². The van der Waals surface area contributed by atoms with Gasteiger partial charge >= 0.3 is 5.97 Å². The number of carbonyl (C=O) groups is 1. The molecule has 18 heavy (non-hydrogen) atoms. The van der Waals surface area contributed by atoms with E-state index in [1.807, 2.05) is 0 Å². The van der Waals surface area contributed by atoms with Crippen molar-refractivity contribution in [3.05, 3.63) is 33.8 Å². The first kappa shape index (κ1) is 17.4. The zero-order valence-electron chi connectivity index (χ0n) is 9.53. The van der Waals surface area contributed by atoms with Crippen molar-refractivity contribution < 1.29 is 13.9 Å². The Balaban J connectivity index is 0.00000289. The van der Waals surface area contributed by atoms with Crippen LogP contribution in [-0.4, -0.2) is 18.7 Å². The summed E-state index contributed by atoms with van der Waals surface area (Å²) in [5.74, 6) is -1.00. The molecule has 0 saturated carbocycles. The second-order valence-corrected chi connectivity index (χ2v) is 4.19. The van der Waals surface area contributed by atoms with Crippen molar-refractivity contribution in [1.82, 2.24) is 0 Å². The third kappa shape index (κ3) is 4.28. The number of hydrogen-bond donors (Lipinski definition) is 1. The van der Waals surface area contributed by atoms with Crippen molar-refractivity contribution in [3.8, 4) is 0 Å². The fourth-order valence-corrected chi connectivity index (χ4v) is 1.72. The van der Waals surface area contributed by atoms with Gasteiger partial charge in [0.25, 0.3) is 0 Å². The smallest absolute Gasteiger partial charge is 0.342 e. The molecule has 0 aliphatic heterocycles. The second kappa shape index (κ2) is 7.79. The number of hydrogen-bond acceptors (Lipinski definition) is 3. The lowest BCUT2D eigenvalue weighted by Crippen LogP contribution is -2.31. The second-order valence-electron chi connectivity index (χ2n) is 3.35. The molecule has 0 spiro atoms. The van der Waals surface area contributed by atoms with E-state index in [2.05, 4.69) is 4.74 Å². The number of esters is 1. The van der Waals surface area contributed by atoms with Gasteiger partial charge in [0.1, 0.15) is 0 Å². The Hall–Kier alpha value is -0.550. The maximum absolute atomic E-state index is 13.7. The summed E-state index contributed by atoms with van der Waals surface area (Å²) in [5.41, 5.74) is 5.90. The Morgan fingerprint density at radius 2 is 2.11 bits per heavy atom. The van der Waals surface area contributed by atoms with Gasteiger partial charge < -0.3 is 10.5 Å². The summed E-state index contributed by atoms with van der Waals surface area (Å²) in [6.45, 7) is 1.68. The van der Waals surface area contributed by atoms with Crippen LogP contribution in [0.4, 0.5) is 4.39 Å².